The number of hydrogen-bond donors (Lipinski definition) is 1. The first-order chi connectivity index (χ1) is 16.0. The molecule has 2 aromatic carbocycles. The van der Waals surface area contributed by atoms with E-state index in [1.54, 1.807) is 23.9 Å². The van der Waals surface area contributed by atoms with E-state index in [0.717, 1.165) is 23.4 Å². The number of aliphatic hydroxyl groups is 1. The van der Waals surface area contributed by atoms with Crippen molar-refractivity contribution in [2.24, 2.45) is 0 Å². The smallest absolute Gasteiger partial charge is 0.227 e. The zero-order valence-corrected chi connectivity index (χ0v) is 19.3. The van der Waals surface area contributed by atoms with Crippen LogP contribution in [0.3, 0.4) is 0 Å². The molecule has 0 spiro atoms. The first-order valence-electron chi connectivity index (χ1n) is 11.1. The second kappa shape index (κ2) is 12.3. The lowest BCUT2D eigenvalue weighted by molar-refractivity contribution is 0.0804. The number of ether oxygens (including phenoxy) is 2. The third kappa shape index (κ3) is 6.99. The number of rotatable bonds is 13. The number of hydrogen-bond acceptors (Lipinski definition) is 5. The number of methoxy groups -OCH3 is 1. The van der Waals surface area contributed by atoms with Crippen molar-refractivity contribution in [2.45, 2.75) is 32.4 Å². The van der Waals surface area contributed by atoms with E-state index in [2.05, 4.69) is 11.5 Å². The van der Waals surface area contributed by atoms with Gasteiger partial charge in [-0.15, -0.1) is 6.58 Å². The van der Waals surface area contributed by atoms with Crippen LogP contribution in [0.5, 0.6) is 11.6 Å². The summed E-state index contributed by atoms with van der Waals surface area (Å²) in [6.45, 7) is 7.80. The zero-order chi connectivity index (χ0) is 23.6. The highest BCUT2D eigenvalue weighted by Crippen LogP contribution is 2.32. The van der Waals surface area contributed by atoms with Gasteiger partial charge < -0.3 is 14.6 Å². The Balaban J connectivity index is 1.96. The molecular formula is C26H32FN3O3. The predicted molar refractivity (Wildman–Crippen MR) is 127 cm³/mol. The van der Waals surface area contributed by atoms with Crippen LogP contribution in [0.25, 0.3) is 5.69 Å². The maximum Gasteiger partial charge on any atom is 0.227 e. The quantitative estimate of drug-likeness (QED) is 0.374. The molecule has 33 heavy (non-hydrogen) atoms. The molecule has 7 heteroatoms. The number of allylic oxidation sites excluding steroid dienone is 1. The van der Waals surface area contributed by atoms with Crippen LogP contribution in [0.4, 0.5) is 4.39 Å². The second-order valence-corrected chi connectivity index (χ2v) is 7.92. The lowest BCUT2D eigenvalue weighted by Crippen LogP contribution is -2.34. The van der Waals surface area contributed by atoms with E-state index in [9.17, 15) is 9.50 Å². The summed E-state index contributed by atoms with van der Waals surface area (Å²) in [4.78, 5) is 2.12. The molecule has 0 unspecified atom stereocenters. The Labute approximate surface area is 194 Å². The minimum Gasteiger partial charge on any atom is -0.438 e. The number of para-hydroxylation sites is 1. The first-order valence-corrected chi connectivity index (χ1v) is 11.1. The Morgan fingerprint density at radius 1 is 1.21 bits per heavy atom. The van der Waals surface area contributed by atoms with Crippen LogP contribution in [-0.2, 0) is 11.3 Å². The lowest BCUT2D eigenvalue weighted by Gasteiger charge is -2.25. The van der Waals surface area contributed by atoms with Gasteiger partial charge in [0.15, 0.2) is 0 Å². The molecule has 0 radical (unpaired) electrons. The number of aromatic nitrogens is 2. The maximum absolute atomic E-state index is 13.8. The van der Waals surface area contributed by atoms with E-state index in [1.807, 2.05) is 43.3 Å². The van der Waals surface area contributed by atoms with Crippen LogP contribution in [-0.4, -0.2) is 52.7 Å². The van der Waals surface area contributed by atoms with Crippen molar-refractivity contribution in [2.75, 3.05) is 26.8 Å². The van der Waals surface area contributed by atoms with Crippen molar-refractivity contribution in [3.63, 3.8) is 0 Å². The Morgan fingerprint density at radius 2 is 2.00 bits per heavy atom. The fraction of sp³-hybridized carbons (Fsp3) is 0.346. The van der Waals surface area contributed by atoms with Gasteiger partial charge in [0.05, 0.1) is 29.7 Å². The molecule has 176 valence electrons. The van der Waals surface area contributed by atoms with Gasteiger partial charge in [-0.1, -0.05) is 30.3 Å². The molecule has 6 nitrogen and oxygen atoms in total. The van der Waals surface area contributed by atoms with Crippen molar-refractivity contribution in [3.05, 3.63) is 84.3 Å². The van der Waals surface area contributed by atoms with Gasteiger partial charge in [0.2, 0.25) is 5.88 Å². The molecule has 0 fully saturated rings. The van der Waals surface area contributed by atoms with Crippen LogP contribution >= 0.6 is 0 Å². The van der Waals surface area contributed by atoms with Gasteiger partial charge in [-0.2, -0.15) is 5.10 Å². The second-order valence-electron chi connectivity index (χ2n) is 7.92. The normalized spacial score (nSPS) is 12.2. The molecule has 3 aromatic rings. The third-order valence-electron chi connectivity index (χ3n) is 5.31. The van der Waals surface area contributed by atoms with Gasteiger partial charge in [0, 0.05) is 32.8 Å². The Hall–Kier alpha value is -3.00. The maximum atomic E-state index is 13.8. The number of aliphatic hydroxyl groups excluding tert-OH is 1. The number of halogens is 1. The molecule has 1 atom stereocenters. The van der Waals surface area contributed by atoms with E-state index in [0.29, 0.717) is 44.3 Å². The third-order valence-corrected chi connectivity index (χ3v) is 5.31. The molecule has 0 bridgehead atoms. The van der Waals surface area contributed by atoms with Gasteiger partial charge >= 0.3 is 0 Å². The molecule has 1 N–H and O–H groups in total. The van der Waals surface area contributed by atoms with E-state index >= 15 is 0 Å². The van der Waals surface area contributed by atoms with Gasteiger partial charge in [-0.25, -0.2) is 9.07 Å². The zero-order valence-electron chi connectivity index (χ0n) is 19.3. The van der Waals surface area contributed by atoms with Crippen LogP contribution in [0.2, 0.25) is 0 Å². The fourth-order valence-electron chi connectivity index (χ4n) is 3.59. The summed E-state index contributed by atoms with van der Waals surface area (Å²) in [5.74, 6) is 0.540. The van der Waals surface area contributed by atoms with E-state index in [-0.39, 0.29) is 5.82 Å². The van der Waals surface area contributed by atoms with Crippen LogP contribution < -0.4 is 4.74 Å². The highest BCUT2D eigenvalue weighted by Gasteiger charge is 2.22. The molecule has 0 aliphatic rings. The minimum absolute atomic E-state index is 0.372. The average Bonchev–Trinajstić information content (AvgIpc) is 3.11. The van der Waals surface area contributed by atoms with Crippen molar-refractivity contribution in [3.8, 4) is 17.3 Å². The monoisotopic (exact) mass is 453 g/mol. The summed E-state index contributed by atoms with van der Waals surface area (Å²) < 4.78 is 27.1. The molecule has 1 heterocycles. The SMILES string of the molecule is C=CCC[C@@H](O)CN(CCOC)Cc1c(C)nn(-c2ccccc2)c1Oc1cccc(F)c1. The van der Waals surface area contributed by atoms with Crippen molar-refractivity contribution in [1.29, 1.82) is 0 Å². The summed E-state index contributed by atoms with van der Waals surface area (Å²) in [7, 11) is 1.66. The molecule has 0 amide bonds. The first kappa shape index (κ1) is 24.6. The summed E-state index contributed by atoms with van der Waals surface area (Å²) in [5.41, 5.74) is 2.51. The molecule has 0 saturated heterocycles. The van der Waals surface area contributed by atoms with Gasteiger partial charge in [0.1, 0.15) is 11.6 Å². The number of nitrogens with zero attached hydrogens (tertiary/aromatic N) is 3. The van der Waals surface area contributed by atoms with Crippen molar-refractivity contribution >= 4 is 0 Å². The summed E-state index contributed by atoms with van der Waals surface area (Å²) in [5, 5.41) is 15.2. The summed E-state index contributed by atoms with van der Waals surface area (Å²) in [6.07, 6.45) is 2.71. The Bertz CT molecular complexity index is 1020. The van der Waals surface area contributed by atoms with E-state index < -0.39 is 6.10 Å². The standard InChI is InChI=1S/C26H32FN3O3/c1-4-5-13-23(31)18-29(15-16-32-3)19-25-20(2)28-30(22-11-7-6-8-12-22)26(25)33-24-14-9-10-21(27)17-24/h4,6-12,14,17,23,31H,1,5,13,15-16,18-19H2,2-3H3/t23-/m1/s1. The molecule has 0 aliphatic carbocycles. The molecule has 0 aliphatic heterocycles. The largest absolute Gasteiger partial charge is 0.438 e. The molecular weight excluding hydrogens is 421 g/mol. The van der Waals surface area contributed by atoms with Crippen molar-refractivity contribution < 1.29 is 19.0 Å². The van der Waals surface area contributed by atoms with Crippen LogP contribution in [0.1, 0.15) is 24.1 Å². The highest BCUT2D eigenvalue weighted by atomic mass is 19.1. The average molecular weight is 454 g/mol. The summed E-state index contributed by atoms with van der Waals surface area (Å²) in [6, 6.07) is 15.7. The van der Waals surface area contributed by atoms with Crippen molar-refractivity contribution in [1.82, 2.24) is 14.7 Å². The van der Waals surface area contributed by atoms with Gasteiger partial charge in [0.25, 0.3) is 0 Å². The van der Waals surface area contributed by atoms with Gasteiger partial charge in [-0.3, -0.25) is 4.90 Å². The molecule has 0 saturated carbocycles. The van der Waals surface area contributed by atoms with E-state index in [1.165, 1.54) is 12.1 Å². The minimum atomic E-state index is -0.489. The fourth-order valence-corrected chi connectivity index (χ4v) is 3.59. The summed E-state index contributed by atoms with van der Waals surface area (Å²) >= 11 is 0. The Morgan fingerprint density at radius 3 is 2.70 bits per heavy atom. The van der Waals surface area contributed by atoms with Gasteiger partial charge in [-0.05, 0) is 44.0 Å². The molecule has 1 aromatic heterocycles. The Kier molecular flexibility index (Phi) is 9.18. The highest BCUT2D eigenvalue weighted by molar-refractivity contribution is 5.43. The molecule has 3 rings (SSSR count). The number of aryl methyl sites for hydroxylation is 1. The van der Waals surface area contributed by atoms with Crippen LogP contribution in [0, 0.1) is 12.7 Å². The topological polar surface area (TPSA) is 59.8 Å². The predicted octanol–water partition coefficient (Wildman–Crippen LogP) is 4.89. The number of benzene rings is 2. The lowest BCUT2D eigenvalue weighted by atomic mass is 10.1. The van der Waals surface area contributed by atoms with E-state index in [4.69, 9.17) is 14.6 Å². The van der Waals surface area contributed by atoms with Crippen LogP contribution in [0.15, 0.2) is 67.3 Å².